The zero-order chi connectivity index (χ0) is 25.8. The van der Waals surface area contributed by atoms with Crippen LogP contribution in [-0.4, -0.2) is 30.0 Å². The third kappa shape index (κ3) is 6.35. The van der Waals surface area contributed by atoms with E-state index < -0.39 is 10.3 Å². The highest BCUT2D eigenvalue weighted by Gasteiger charge is 2.20. The Morgan fingerprint density at radius 2 is 1.95 bits per heavy atom. The number of thiophene rings is 1. The molecule has 5 rings (SSSR count). The number of thiazole rings is 1. The fourth-order valence-corrected chi connectivity index (χ4v) is 5.80. The van der Waals surface area contributed by atoms with E-state index in [9.17, 15) is 8.42 Å². The molecule has 3 N–H and O–H groups in total. The van der Waals surface area contributed by atoms with Gasteiger partial charge in [-0.2, -0.15) is 8.42 Å². The van der Waals surface area contributed by atoms with Crippen LogP contribution in [0.5, 0.6) is 5.75 Å². The van der Waals surface area contributed by atoms with Gasteiger partial charge < -0.3 is 14.5 Å². The predicted molar refractivity (Wildman–Crippen MR) is 146 cm³/mol. The van der Waals surface area contributed by atoms with E-state index in [0.29, 0.717) is 18.2 Å². The number of nitrogens with zero attached hydrogens (tertiary/aromatic N) is 2. The zero-order valence-electron chi connectivity index (χ0n) is 19.5. The lowest BCUT2D eigenvalue weighted by molar-refractivity contribution is 0.415. The van der Waals surface area contributed by atoms with Gasteiger partial charge in [0, 0.05) is 10.9 Å². The number of anilines is 2. The summed E-state index contributed by atoms with van der Waals surface area (Å²) in [5.74, 6) is 1.31. The van der Waals surface area contributed by atoms with E-state index in [2.05, 4.69) is 10.3 Å². The summed E-state index contributed by atoms with van der Waals surface area (Å²) < 4.78 is 44.6. The second-order valence-electron chi connectivity index (χ2n) is 7.99. The van der Waals surface area contributed by atoms with Crippen molar-refractivity contribution in [1.82, 2.24) is 9.97 Å². The van der Waals surface area contributed by atoms with Crippen molar-refractivity contribution in [2.45, 2.75) is 12.5 Å². The van der Waals surface area contributed by atoms with Crippen LogP contribution in [0.2, 0.25) is 0 Å². The molecule has 0 bridgehead atoms. The van der Waals surface area contributed by atoms with Crippen molar-refractivity contribution in [3.63, 3.8) is 0 Å². The number of benzene rings is 2. The Kier molecular flexibility index (Phi) is 7.24. The highest BCUT2D eigenvalue weighted by Crippen LogP contribution is 2.33. The second kappa shape index (κ2) is 10.7. The minimum absolute atomic E-state index is 0.264. The Bertz CT molecular complexity index is 1580. The molecule has 0 spiro atoms. The van der Waals surface area contributed by atoms with E-state index in [0.717, 1.165) is 32.5 Å². The van der Waals surface area contributed by atoms with Crippen molar-refractivity contribution in [2.24, 2.45) is 0 Å². The van der Waals surface area contributed by atoms with Gasteiger partial charge in [0.1, 0.15) is 10.8 Å². The lowest BCUT2D eigenvalue weighted by atomic mass is 10.0. The van der Waals surface area contributed by atoms with E-state index in [1.807, 2.05) is 51.9 Å². The maximum atomic E-state index is 11.1. The summed E-state index contributed by atoms with van der Waals surface area (Å²) in [5, 5.41) is 8.31. The van der Waals surface area contributed by atoms with Crippen molar-refractivity contribution in [1.29, 1.82) is 0 Å². The van der Waals surface area contributed by atoms with Gasteiger partial charge in [0.15, 0.2) is 5.76 Å². The normalized spacial score (nSPS) is 12.3. The number of rotatable bonds is 10. The molecule has 2 aromatic carbocycles. The zero-order valence-corrected chi connectivity index (χ0v) is 21.9. The van der Waals surface area contributed by atoms with E-state index in [4.69, 9.17) is 18.7 Å². The summed E-state index contributed by atoms with van der Waals surface area (Å²) in [6, 6.07) is 18.4. The summed E-state index contributed by atoms with van der Waals surface area (Å²) >= 11 is 3.19. The third-order valence-electron chi connectivity index (χ3n) is 5.41. The SMILES string of the molecule is COc1cccc(-c2cnc(NC(Cc3ccc(NS(=O)(=O)O)cc3)c3csc(-c4cccs4)n3)o2)c1. The molecule has 0 aliphatic carbocycles. The molecule has 3 aromatic heterocycles. The number of hydrogen-bond donors (Lipinski definition) is 3. The van der Waals surface area contributed by atoms with Gasteiger partial charge in [-0.1, -0.05) is 30.3 Å². The van der Waals surface area contributed by atoms with Gasteiger partial charge in [-0.05, 0) is 47.7 Å². The number of ether oxygens (including phenoxy) is 1. The van der Waals surface area contributed by atoms with Gasteiger partial charge in [-0.3, -0.25) is 9.27 Å². The van der Waals surface area contributed by atoms with E-state index in [1.165, 1.54) is 0 Å². The van der Waals surface area contributed by atoms with Crippen LogP contribution in [0, 0.1) is 0 Å². The quantitative estimate of drug-likeness (QED) is 0.176. The molecule has 1 atom stereocenters. The third-order valence-corrected chi connectivity index (χ3v) is 7.80. The molecular weight excluding hydrogens is 532 g/mol. The topological polar surface area (TPSA) is 127 Å². The summed E-state index contributed by atoms with van der Waals surface area (Å²) in [5.41, 5.74) is 2.85. The first kappa shape index (κ1) is 25.0. The van der Waals surface area contributed by atoms with Crippen LogP contribution in [0.25, 0.3) is 21.2 Å². The molecule has 0 aliphatic heterocycles. The number of methoxy groups -OCH3 is 1. The summed E-state index contributed by atoms with van der Waals surface area (Å²) in [6.07, 6.45) is 2.18. The number of hydrogen-bond acceptors (Lipinski definition) is 9. The van der Waals surface area contributed by atoms with E-state index in [1.54, 1.807) is 60.2 Å². The Hall–Kier alpha value is -3.71. The first-order valence-electron chi connectivity index (χ1n) is 11.1. The molecule has 5 aromatic rings. The van der Waals surface area contributed by atoms with Gasteiger partial charge in [-0.15, -0.1) is 22.7 Å². The minimum Gasteiger partial charge on any atom is -0.497 e. The van der Waals surface area contributed by atoms with Crippen molar-refractivity contribution in [3.05, 3.63) is 88.9 Å². The van der Waals surface area contributed by atoms with Gasteiger partial charge in [0.05, 0.1) is 35.6 Å². The van der Waals surface area contributed by atoms with Crippen LogP contribution in [0.3, 0.4) is 0 Å². The molecule has 0 fully saturated rings. The van der Waals surface area contributed by atoms with Crippen molar-refractivity contribution in [2.75, 3.05) is 17.1 Å². The monoisotopic (exact) mass is 554 g/mol. The first-order chi connectivity index (χ1) is 17.9. The predicted octanol–water partition coefficient (Wildman–Crippen LogP) is 6.15. The van der Waals surface area contributed by atoms with Crippen LogP contribution >= 0.6 is 22.7 Å². The van der Waals surface area contributed by atoms with Crippen LogP contribution in [0.15, 0.2) is 82.0 Å². The number of nitrogens with one attached hydrogen (secondary N) is 2. The summed E-state index contributed by atoms with van der Waals surface area (Å²) in [6.45, 7) is 0. The maximum absolute atomic E-state index is 11.1. The number of aromatic nitrogens is 2. The minimum atomic E-state index is -4.34. The molecule has 12 heteroatoms. The number of oxazole rings is 1. The molecule has 0 amide bonds. The average molecular weight is 555 g/mol. The fourth-order valence-electron chi connectivity index (χ4n) is 3.68. The first-order valence-corrected chi connectivity index (χ1v) is 14.3. The molecule has 1 unspecified atom stereocenters. The van der Waals surface area contributed by atoms with Crippen molar-refractivity contribution >= 4 is 44.7 Å². The molecule has 0 aliphatic rings. The molecule has 0 saturated carbocycles. The Labute approximate surface area is 221 Å². The highest BCUT2D eigenvalue weighted by molar-refractivity contribution is 7.87. The standard InChI is InChI=1S/C25H22N4O5S3/c1-33-19-5-2-4-17(13-19)22-14-26-25(34-22)28-20(21-15-36-24(27-21)23-6-3-11-35-23)12-16-7-9-18(10-8-16)29-37(30,31)32/h2-11,13-15,20,29H,12H2,1H3,(H,26,28)(H,30,31,32). The van der Waals surface area contributed by atoms with E-state index >= 15 is 0 Å². The molecule has 190 valence electrons. The van der Waals surface area contributed by atoms with Crippen LogP contribution in [-0.2, 0) is 16.7 Å². The van der Waals surface area contributed by atoms with Crippen LogP contribution < -0.4 is 14.8 Å². The molecule has 3 heterocycles. The van der Waals surface area contributed by atoms with Gasteiger partial charge in [-0.25, -0.2) is 9.97 Å². The van der Waals surface area contributed by atoms with Crippen LogP contribution in [0.4, 0.5) is 11.7 Å². The Morgan fingerprint density at radius 1 is 1.11 bits per heavy atom. The molecule has 37 heavy (non-hydrogen) atoms. The Balaban J connectivity index is 1.40. The van der Waals surface area contributed by atoms with Crippen molar-refractivity contribution in [3.8, 4) is 27.0 Å². The fraction of sp³-hybridized carbons (Fsp3) is 0.120. The molecule has 0 radical (unpaired) electrons. The largest absolute Gasteiger partial charge is 0.497 e. The lowest BCUT2D eigenvalue weighted by Gasteiger charge is -2.16. The highest BCUT2D eigenvalue weighted by atomic mass is 32.2. The van der Waals surface area contributed by atoms with Gasteiger partial charge in [0.2, 0.25) is 0 Å². The summed E-state index contributed by atoms with van der Waals surface area (Å²) in [4.78, 5) is 10.4. The van der Waals surface area contributed by atoms with Gasteiger partial charge >= 0.3 is 10.3 Å². The Morgan fingerprint density at radius 3 is 2.68 bits per heavy atom. The van der Waals surface area contributed by atoms with Gasteiger partial charge in [0.25, 0.3) is 6.01 Å². The molecule has 0 saturated heterocycles. The second-order valence-corrected chi connectivity index (χ2v) is 11.0. The summed E-state index contributed by atoms with van der Waals surface area (Å²) in [7, 11) is -2.73. The smallest absolute Gasteiger partial charge is 0.357 e. The van der Waals surface area contributed by atoms with E-state index in [-0.39, 0.29) is 11.7 Å². The lowest BCUT2D eigenvalue weighted by Crippen LogP contribution is -2.15. The van der Waals surface area contributed by atoms with Crippen LogP contribution in [0.1, 0.15) is 17.3 Å². The molecule has 9 nitrogen and oxygen atoms in total. The van der Waals surface area contributed by atoms with Crippen molar-refractivity contribution < 1.29 is 22.1 Å². The molecular formula is C25H22N4O5S3. The maximum Gasteiger partial charge on any atom is 0.357 e. The average Bonchev–Trinajstić information content (AvgIpc) is 3.65.